The fraction of sp³-hybridized carbons (Fsp3) is 0.250. The molecule has 0 spiro atoms. The lowest BCUT2D eigenvalue weighted by molar-refractivity contribution is 0.0762. The largest absolute Gasteiger partial charge is 0.423 e. The molecule has 5 rings (SSSR count). The Morgan fingerprint density at radius 1 is 1.00 bits per heavy atom. The van der Waals surface area contributed by atoms with Crippen LogP contribution in [0.3, 0.4) is 0 Å². The lowest BCUT2D eigenvalue weighted by atomic mass is 10.3. The molecular weight excluding hydrogens is 388 g/mol. The first-order valence-electron chi connectivity index (χ1n) is 9.41. The number of aromatic nitrogens is 4. The minimum atomic E-state index is -0.0668. The highest BCUT2D eigenvalue weighted by molar-refractivity contribution is 7.13. The second-order valence-electron chi connectivity index (χ2n) is 6.71. The van der Waals surface area contributed by atoms with E-state index in [4.69, 9.17) is 4.42 Å². The number of carbonyl (C=O) groups excluding carboxylic acids is 1. The number of rotatable bonds is 3. The number of thiazole rings is 1. The number of anilines is 1. The molecule has 9 heteroatoms. The molecule has 1 fully saturated rings. The zero-order valence-electron chi connectivity index (χ0n) is 15.6. The first-order valence-corrected chi connectivity index (χ1v) is 10.3. The van der Waals surface area contributed by atoms with E-state index < -0.39 is 0 Å². The van der Waals surface area contributed by atoms with E-state index >= 15 is 0 Å². The Morgan fingerprint density at radius 3 is 2.72 bits per heavy atom. The maximum Gasteiger partial charge on any atom is 0.298 e. The second-order valence-corrected chi connectivity index (χ2v) is 7.57. The van der Waals surface area contributed by atoms with E-state index in [0.29, 0.717) is 42.2 Å². The van der Waals surface area contributed by atoms with Gasteiger partial charge in [0, 0.05) is 44.0 Å². The summed E-state index contributed by atoms with van der Waals surface area (Å²) in [5.74, 6) is 0.470. The molecule has 0 atom stereocenters. The zero-order chi connectivity index (χ0) is 19.6. The van der Waals surface area contributed by atoms with Crippen molar-refractivity contribution in [1.29, 1.82) is 0 Å². The number of para-hydroxylation sites is 2. The number of nitrogens with zero attached hydrogens (tertiary/aromatic N) is 6. The summed E-state index contributed by atoms with van der Waals surface area (Å²) in [5, 5.41) is 2.43. The highest BCUT2D eigenvalue weighted by atomic mass is 32.1. The van der Waals surface area contributed by atoms with Gasteiger partial charge >= 0.3 is 0 Å². The van der Waals surface area contributed by atoms with Gasteiger partial charge in [-0.25, -0.2) is 15.0 Å². The van der Waals surface area contributed by atoms with Gasteiger partial charge in [0.2, 0.25) is 0 Å². The lowest BCUT2D eigenvalue weighted by Crippen LogP contribution is -2.35. The molecule has 0 saturated carbocycles. The highest BCUT2D eigenvalue weighted by Crippen LogP contribution is 2.24. The summed E-state index contributed by atoms with van der Waals surface area (Å²) in [6.07, 6.45) is 4.17. The topological polar surface area (TPSA) is 88.3 Å². The van der Waals surface area contributed by atoms with Crippen molar-refractivity contribution < 1.29 is 9.21 Å². The number of benzene rings is 1. The molecule has 1 amide bonds. The fourth-order valence-corrected chi connectivity index (χ4v) is 4.09. The van der Waals surface area contributed by atoms with Crippen molar-refractivity contribution in [1.82, 2.24) is 24.8 Å². The molecule has 0 bridgehead atoms. The molecule has 8 nitrogen and oxygen atoms in total. The summed E-state index contributed by atoms with van der Waals surface area (Å²) in [7, 11) is 0. The number of hydrogen-bond donors (Lipinski definition) is 0. The van der Waals surface area contributed by atoms with Crippen LogP contribution in [-0.4, -0.2) is 56.9 Å². The Labute approximate surface area is 170 Å². The summed E-state index contributed by atoms with van der Waals surface area (Å²) in [6, 6.07) is 10.1. The van der Waals surface area contributed by atoms with Crippen molar-refractivity contribution in [3.63, 3.8) is 0 Å². The molecule has 1 saturated heterocycles. The Hall–Kier alpha value is -3.33. The number of hydrogen-bond acceptors (Lipinski definition) is 8. The van der Waals surface area contributed by atoms with Crippen LogP contribution in [0.2, 0.25) is 0 Å². The van der Waals surface area contributed by atoms with Gasteiger partial charge in [0.1, 0.15) is 11.2 Å². The van der Waals surface area contributed by atoms with Crippen molar-refractivity contribution in [2.24, 2.45) is 0 Å². The van der Waals surface area contributed by atoms with Gasteiger partial charge in [-0.2, -0.15) is 4.98 Å². The van der Waals surface area contributed by atoms with Crippen LogP contribution in [0, 0.1) is 0 Å². The van der Waals surface area contributed by atoms with Gasteiger partial charge in [-0.1, -0.05) is 12.1 Å². The Bertz CT molecular complexity index is 1110. The minimum Gasteiger partial charge on any atom is -0.423 e. The maximum atomic E-state index is 13.0. The third kappa shape index (κ3) is 3.56. The van der Waals surface area contributed by atoms with Crippen LogP contribution in [0.15, 0.2) is 52.5 Å². The van der Waals surface area contributed by atoms with Gasteiger partial charge in [-0.3, -0.25) is 4.79 Å². The van der Waals surface area contributed by atoms with E-state index in [9.17, 15) is 4.79 Å². The first-order chi connectivity index (χ1) is 14.3. The van der Waals surface area contributed by atoms with E-state index in [-0.39, 0.29) is 5.91 Å². The van der Waals surface area contributed by atoms with Gasteiger partial charge in [0.15, 0.2) is 16.4 Å². The molecule has 3 aromatic heterocycles. The molecule has 146 valence electrons. The Balaban J connectivity index is 1.29. The average Bonchev–Trinajstić information content (AvgIpc) is 3.35. The Kier molecular flexibility index (Phi) is 4.65. The summed E-state index contributed by atoms with van der Waals surface area (Å²) in [6.45, 7) is 2.71. The van der Waals surface area contributed by atoms with Gasteiger partial charge in [0.05, 0.1) is 0 Å². The molecule has 4 heterocycles. The Morgan fingerprint density at radius 2 is 1.86 bits per heavy atom. The predicted octanol–water partition coefficient (Wildman–Crippen LogP) is 3.09. The number of fused-ring (bicyclic) bond motifs is 1. The molecule has 0 aliphatic carbocycles. The minimum absolute atomic E-state index is 0.0668. The quantitative estimate of drug-likeness (QED) is 0.516. The average molecular weight is 406 g/mol. The van der Waals surface area contributed by atoms with E-state index in [1.807, 2.05) is 29.2 Å². The summed E-state index contributed by atoms with van der Waals surface area (Å²) in [4.78, 5) is 34.3. The van der Waals surface area contributed by atoms with Crippen LogP contribution in [0.1, 0.15) is 16.9 Å². The van der Waals surface area contributed by atoms with Crippen LogP contribution in [0.25, 0.3) is 21.9 Å². The highest BCUT2D eigenvalue weighted by Gasteiger charge is 2.24. The van der Waals surface area contributed by atoms with Crippen LogP contribution in [0.5, 0.6) is 0 Å². The van der Waals surface area contributed by atoms with Crippen LogP contribution in [0.4, 0.5) is 6.01 Å². The van der Waals surface area contributed by atoms with E-state index in [0.717, 1.165) is 24.1 Å². The molecule has 4 aromatic rings. The van der Waals surface area contributed by atoms with Gasteiger partial charge in [-0.05, 0) is 24.6 Å². The molecule has 1 aliphatic heterocycles. The smallest absolute Gasteiger partial charge is 0.298 e. The SMILES string of the molecule is O=C(c1csc(-c2ncccn2)n1)N1CCCN(c2nc3ccccc3o2)CC1. The molecule has 29 heavy (non-hydrogen) atoms. The third-order valence-corrected chi connectivity index (χ3v) is 5.65. The van der Waals surface area contributed by atoms with Crippen molar-refractivity contribution in [3.05, 3.63) is 53.8 Å². The van der Waals surface area contributed by atoms with E-state index in [2.05, 4.69) is 24.8 Å². The predicted molar refractivity (Wildman–Crippen MR) is 110 cm³/mol. The standard InChI is InChI=1S/C20H18N6O2S/c27-19(15-13-29-18(23-15)17-21-7-3-8-22-17)25-9-4-10-26(12-11-25)20-24-14-5-1-2-6-16(14)28-20/h1-3,5-8,13H,4,9-12H2. The third-order valence-electron chi connectivity index (χ3n) is 4.82. The van der Waals surface area contributed by atoms with Gasteiger partial charge < -0.3 is 14.2 Å². The van der Waals surface area contributed by atoms with Crippen LogP contribution >= 0.6 is 11.3 Å². The monoisotopic (exact) mass is 406 g/mol. The number of amides is 1. The summed E-state index contributed by atoms with van der Waals surface area (Å²) < 4.78 is 5.88. The van der Waals surface area contributed by atoms with Crippen molar-refractivity contribution in [2.75, 3.05) is 31.1 Å². The summed E-state index contributed by atoms with van der Waals surface area (Å²) >= 11 is 1.38. The number of oxazole rings is 1. The van der Waals surface area contributed by atoms with Gasteiger partial charge in [-0.15, -0.1) is 11.3 Å². The molecule has 0 unspecified atom stereocenters. The van der Waals surface area contributed by atoms with Crippen LogP contribution < -0.4 is 4.90 Å². The van der Waals surface area contributed by atoms with Crippen LogP contribution in [-0.2, 0) is 0 Å². The molecule has 0 N–H and O–H groups in total. The maximum absolute atomic E-state index is 13.0. The molecule has 1 aromatic carbocycles. The normalized spacial score (nSPS) is 14.9. The molecule has 1 aliphatic rings. The molecular formula is C20H18N6O2S. The molecule has 0 radical (unpaired) electrons. The summed E-state index contributed by atoms with van der Waals surface area (Å²) in [5.41, 5.74) is 2.06. The van der Waals surface area contributed by atoms with Crippen molar-refractivity contribution in [2.45, 2.75) is 6.42 Å². The second kappa shape index (κ2) is 7.59. The van der Waals surface area contributed by atoms with Crippen molar-refractivity contribution >= 4 is 34.4 Å². The zero-order valence-corrected chi connectivity index (χ0v) is 16.4. The van der Waals surface area contributed by atoms with E-state index in [1.165, 1.54) is 11.3 Å². The number of carbonyl (C=O) groups is 1. The lowest BCUT2D eigenvalue weighted by Gasteiger charge is -2.20. The fourth-order valence-electron chi connectivity index (χ4n) is 3.35. The van der Waals surface area contributed by atoms with Gasteiger partial charge in [0.25, 0.3) is 11.9 Å². The first kappa shape index (κ1) is 17.7. The van der Waals surface area contributed by atoms with Crippen molar-refractivity contribution in [3.8, 4) is 10.8 Å². The van der Waals surface area contributed by atoms with E-state index in [1.54, 1.807) is 23.8 Å².